The topological polar surface area (TPSA) is 522 Å². The molecule has 2 unspecified atom stereocenters. The number of aliphatic hydroxyl groups excluding tert-OH is 18. The van der Waals surface area contributed by atoms with E-state index >= 15 is 0 Å². The predicted octanol–water partition coefficient (Wildman–Crippen LogP) is -13.3. The molecule has 22 aliphatic rings. The molecule has 18 N–H and O–H groups in total. The van der Waals surface area contributed by atoms with Gasteiger partial charge in [0.25, 0.3) is 0 Å². The molecule has 0 radical (unpaired) electrons. The highest BCUT2D eigenvalue weighted by atomic mass is 16.8. The third-order valence-electron chi connectivity index (χ3n) is 13.1. The van der Waals surface area contributed by atoms with E-state index in [4.69, 9.17) is 56.8 Å². The predicted molar refractivity (Wildman–Crippen MR) is 205 cm³/mol. The summed E-state index contributed by atoms with van der Waals surface area (Å²) in [6.07, 6.45) is -67.5. The largest absolute Gasteiger partial charge is 0.394 e. The first-order valence-corrected chi connectivity index (χ1v) is 21.9. The first-order valence-electron chi connectivity index (χ1n) is 21.9. The van der Waals surface area contributed by atoms with E-state index in [9.17, 15) is 102 Å². The van der Waals surface area contributed by atoms with E-state index in [0.717, 1.165) is 0 Å². The standard InChI is InChI=1S/C38H58N2O30/c39-1-7(45)25-31-17(51)23(57)37(63-25)67-29-11(5-43)59-33(19(53)13(29)47)66-28-10(4-42)62-36(22(56)16(28)50)70-32-18(52)24(58)38(64-26(32)8(46)2-40)68-30-12(6-44)60-34(20(54)14(30)48)65-27-9(3-41)61-35(69-31)21(55)15(27)49/h7-38,41-58H,3-6H2/t7?,8?,9-,10-,11-,12-,13-,14-,15-,16-,17-,18-,19-,20-,21-,22-,23-,24-,25-,26-,27-,28-,29-,30-,31+,32+,33-,34-,35-,36-,37-,38-/m1/s1. The fourth-order valence-electron chi connectivity index (χ4n) is 9.18. The van der Waals surface area contributed by atoms with Gasteiger partial charge < -0.3 is 149 Å². The van der Waals surface area contributed by atoms with Gasteiger partial charge in [-0.25, -0.2) is 0 Å². The van der Waals surface area contributed by atoms with Crippen molar-refractivity contribution in [3.63, 3.8) is 0 Å². The van der Waals surface area contributed by atoms with Crippen LogP contribution in [0.1, 0.15) is 0 Å². The molecule has 32 atom stereocenters. The van der Waals surface area contributed by atoms with Crippen molar-refractivity contribution < 1.29 is 149 Å². The number of hydrogen-bond acceptors (Lipinski definition) is 32. The molecular weight excluding hydrogens is 964 g/mol. The van der Waals surface area contributed by atoms with Gasteiger partial charge in [-0.05, 0) is 0 Å². The van der Waals surface area contributed by atoms with Crippen LogP contribution in [0.15, 0.2) is 0 Å². The van der Waals surface area contributed by atoms with E-state index in [1.54, 1.807) is 0 Å². The fourth-order valence-corrected chi connectivity index (χ4v) is 9.18. The van der Waals surface area contributed by atoms with E-state index in [2.05, 4.69) is 0 Å². The third-order valence-corrected chi connectivity index (χ3v) is 13.1. The highest BCUT2D eigenvalue weighted by molar-refractivity contribution is 5.05. The Balaban J connectivity index is 1.23. The average Bonchev–Trinajstić information content (AvgIpc) is 3.35. The first kappa shape index (κ1) is 55.5. The number of ether oxygens (including phenoxy) is 12. The summed E-state index contributed by atoms with van der Waals surface area (Å²) in [5.41, 5.74) is 0. The van der Waals surface area contributed by atoms with E-state index in [-0.39, 0.29) is 0 Å². The van der Waals surface area contributed by atoms with Crippen molar-refractivity contribution >= 4 is 0 Å². The Morgan fingerprint density at radius 2 is 0.471 bits per heavy atom. The molecule has 32 nitrogen and oxygen atoms in total. The molecule has 32 heteroatoms. The molecule has 0 amide bonds. The summed E-state index contributed by atoms with van der Waals surface area (Å²) in [7, 11) is 0. The van der Waals surface area contributed by atoms with Crippen molar-refractivity contribution in [2.45, 2.75) is 196 Å². The van der Waals surface area contributed by atoms with Gasteiger partial charge in [-0.1, -0.05) is 0 Å². The summed E-state index contributed by atoms with van der Waals surface area (Å²) in [5.74, 6) is 0. The molecule has 22 fully saturated rings. The second-order valence-electron chi connectivity index (χ2n) is 17.5. The molecule has 22 heterocycles. The van der Waals surface area contributed by atoms with E-state index < -0.39 is 223 Å². The smallest absolute Gasteiger partial charge is 0.187 e. The van der Waals surface area contributed by atoms with Crippen molar-refractivity contribution in [3.05, 3.63) is 0 Å². The Bertz CT molecular complexity index is 1650. The Labute approximate surface area is 394 Å². The monoisotopic (exact) mass is 1020 g/mol. The molecular formula is C38H58N2O30. The van der Waals surface area contributed by atoms with Gasteiger partial charge >= 0.3 is 0 Å². The molecule has 22 aliphatic heterocycles. The summed E-state index contributed by atoms with van der Waals surface area (Å²) in [6, 6.07) is 2.84. The van der Waals surface area contributed by atoms with E-state index in [1.165, 1.54) is 12.1 Å². The number of aliphatic hydroxyl groups is 18. The SMILES string of the molecule is N#CC(O)[C@H]1O[C@@H]2O[C@H]3[C@H](O)[C@@H](O)[C@@H](O[C@H]4[C@H](O)[C@@H](O)[C@@H](O[C@H]5[C@H](O)[C@@H](O)[C@@H](O[C@H]6[C@H](O)[C@@H](O)[C@@H](O[C@H]7[C@H](O)[C@@H](O)[C@@H](O[C@H]1[C@H](O)[C@H]2O)O[C@@H]7CO)O[C@@H]6CO)O[C@@H]5C(O)C#N)O[C@@H]4CO)O[C@@H]3CO. The lowest BCUT2D eigenvalue weighted by atomic mass is 9.93. The lowest BCUT2D eigenvalue weighted by molar-refractivity contribution is -0.405. The van der Waals surface area contributed by atoms with Crippen LogP contribution in [0.3, 0.4) is 0 Å². The summed E-state index contributed by atoms with van der Waals surface area (Å²) >= 11 is 0. The molecule has 22 saturated heterocycles. The minimum atomic E-state index is -2.29. The van der Waals surface area contributed by atoms with Crippen molar-refractivity contribution in [2.75, 3.05) is 26.4 Å². The number of nitrogens with zero attached hydrogens (tertiary/aromatic N) is 2. The van der Waals surface area contributed by atoms with E-state index in [0.29, 0.717) is 0 Å². The van der Waals surface area contributed by atoms with Gasteiger partial charge in [-0.2, -0.15) is 10.5 Å². The second kappa shape index (κ2) is 23.1. The van der Waals surface area contributed by atoms with Crippen LogP contribution in [0.4, 0.5) is 0 Å². The number of hydrogen-bond donors (Lipinski definition) is 18. The summed E-state index contributed by atoms with van der Waals surface area (Å²) in [6.45, 7) is -4.31. The minimum absolute atomic E-state index is 1.08. The maximum Gasteiger partial charge on any atom is 0.187 e. The van der Waals surface area contributed by atoms with E-state index in [1.807, 2.05) is 0 Å². The molecule has 70 heavy (non-hydrogen) atoms. The van der Waals surface area contributed by atoms with Crippen LogP contribution in [0.2, 0.25) is 0 Å². The molecule has 0 saturated carbocycles. The molecule has 0 aromatic rings. The number of nitriles is 2. The molecule has 0 aromatic heterocycles. The van der Waals surface area contributed by atoms with Crippen LogP contribution in [0, 0.1) is 22.7 Å². The van der Waals surface area contributed by atoms with Crippen molar-refractivity contribution in [2.24, 2.45) is 0 Å². The van der Waals surface area contributed by atoms with Crippen molar-refractivity contribution in [3.8, 4) is 12.1 Å². The normalized spacial score (nSPS) is 53.5. The number of rotatable bonds is 6. The Hall–Kier alpha value is -2.22. The summed E-state index contributed by atoms with van der Waals surface area (Å²) < 4.78 is 67.6. The third kappa shape index (κ3) is 10.5. The van der Waals surface area contributed by atoms with Gasteiger partial charge in [-0.3, -0.25) is 0 Å². The lowest BCUT2D eigenvalue weighted by Crippen LogP contribution is -2.69. The Kier molecular flexibility index (Phi) is 18.3. The van der Waals surface area contributed by atoms with Crippen LogP contribution < -0.4 is 0 Å². The second-order valence-corrected chi connectivity index (χ2v) is 17.5. The maximum absolute atomic E-state index is 11.3. The Morgan fingerprint density at radius 3 is 0.671 bits per heavy atom. The quantitative estimate of drug-likeness (QED) is 0.110. The van der Waals surface area contributed by atoms with Gasteiger partial charge in [0.15, 0.2) is 49.9 Å². The fraction of sp³-hybridized carbons (Fsp3) is 0.947. The summed E-state index contributed by atoms with van der Waals surface area (Å²) in [4.78, 5) is 0. The maximum atomic E-state index is 11.3. The molecule has 0 aliphatic carbocycles. The van der Waals surface area contributed by atoms with Crippen LogP contribution in [0.25, 0.3) is 0 Å². The zero-order chi connectivity index (χ0) is 51.2. The molecule has 12 bridgehead atoms. The first-order chi connectivity index (χ1) is 33.2. The summed E-state index contributed by atoms with van der Waals surface area (Å²) in [5, 5.41) is 217. The van der Waals surface area contributed by atoms with Crippen LogP contribution in [-0.2, 0) is 56.8 Å². The highest BCUT2D eigenvalue weighted by Crippen LogP contribution is 2.38. The molecule has 22 rings (SSSR count). The van der Waals surface area contributed by atoms with Gasteiger partial charge in [0.2, 0.25) is 0 Å². The van der Waals surface area contributed by atoms with Gasteiger partial charge in [0.1, 0.15) is 146 Å². The van der Waals surface area contributed by atoms with Gasteiger partial charge in [0, 0.05) is 0 Å². The van der Waals surface area contributed by atoms with Crippen LogP contribution in [-0.4, -0.2) is 315 Å². The average molecular weight is 1020 g/mol. The van der Waals surface area contributed by atoms with Gasteiger partial charge in [0.05, 0.1) is 38.6 Å². The zero-order valence-electron chi connectivity index (χ0n) is 36.1. The van der Waals surface area contributed by atoms with Crippen LogP contribution in [0.5, 0.6) is 0 Å². The van der Waals surface area contributed by atoms with Crippen LogP contribution >= 0.6 is 0 Å². The highest BCUT2D eigenvalue weighted by Gasteiger charge is 2.59. The van der Waals surface area contributed by atoms with Gasteiger partial charge in [-0.15, -0.1) is 0 Å². The zero-order valence-corrected chi connectivity index (χ0v) is 36.1. The molecule has 400 valence electrons. The van der Waals surface area contributed by atoms with Crippen molar-refractivity contribution in [1.82, 2.24) is 0 Å². The van der Waals surface area contributed by atoms with Crippen molar-refractivity contribution in [1.29, 1.82) is 10.5 Å². The Morgan fingerprint density at radius 1 is 0.286 bits per heavy atom. The molecule has 0 aromatic carbocycles. The lowest BCUT2D eigenvalue weighted by Gasteiger charge is -2.51. The molecule has 0 spiro atoms. The minimum Gasteiger partial charge on any atom is -0.394 e.